The first kappa shape index (κ1) is 12.6. The number of aromatic nitrogens is 3. The molecule has 3 aromatic rings. The van der Waals surface area contributed by atoms with Crippen LogP contribution in [0.3, 0.4) is 0 Å². The number of carbonyl (C=O) groups is 1. The normalized spacial score (nSPS) is 11.4. The summed E-state index contributed by atoms with van der Waals surface area (Å²) < 4.78 is 2.64. The van der Waals surface area contributed by atoms with Crippen LogP contribution in [0.15, 0.2) is 30.5 Å². The Kier molecular flexibility index (Phi) is 3.08. The Labute approximate surface area is 118 Å². The SMILES string of the molecule is Cn1nccc1C=Cc1nc2ccc(C(=O)O)cc2s1. The first-order chi connectivity index (χ1) is 9.63. The van der Waals surface area contributed by atoms with Gasteiger partial charge in [0.25, 0.3) is 0 Å². The molecule has 1 aromatic carbocycles. The maximum Gasteiger partial charge on any atom is 0.335 e. The zero-order valence-electron chi connectivity index (χ0n) is 10.6. The Morgan fingerprint density at radius 3 is 2.90 bits per heavy atom. The van der Waals surface area contributed by atoms with Gasteiger partial charge in [-0.2, -0.15) is 5.10 Å². The van der Waals surface area contributed by atoms with Crippen molar-refractivity contribution in [3.8, 4) is 0 Å². The Morgan fingerprint density at radius 1 is 1.35 bits per heavy atom. The molecule has 6 heteroatoms. The molecule has 0 bridgehead atoms. The lowest BCUT2D eigenvalue weighted by Gasteiger charge is -1.91. The van der Waals surface area contributed by atoms with E-state index in [1.165, 1.54) is 11.3 Å². The average molecular weight is 285 g/mol. The number of hydrogen-bond acceptors (Lipinski definition) is 4. The first-order valence-electron chi connectivity index (χ1n) is 5.93. The van der Waals surface area contributed by atoms with Gasteiger partial charge in [-0.1, -0.05) is 0 Å². The maximum absolute atomic E-state index is 10.9. The van der Waals surface area contributed by atoms with Crippen LogP contribution >= 0.6 is 11.3 Å². The highest BCUT2D eigenvalue weighted by Gasteiger charge is 2.07. The molecule has 0 saturated carbocycles. The van der Waals surface area contributed by atoms with Crippen molar-refractivity contribution in [2.45, 2.75) is 0 Å². The minimum Gasteiger partial charge on any atom is -0.478 e. The summed E-state index contributed by atoms with van der Waals surface area (Å²) in [5, 5.41) is 13.9. The lowest BCUT2D eigenvalue weighted by atomic mass is 10.2. The molecular formula is C14H11N3O2S. The predicted molar refractivity (Wildman–Crippen MR) is 78.7 cm³/mol. The highest BCUT2D eigenvalue weighted by atomic mass is 32.1. The van der Waals surface area contributed by atoms with Gasteiger partial charge in [0.2, 0.25) is 0 Å². The molecule has 2 heterocycles. The van der Waals surface area contributed by atoms with Crippen LogP contribution in [-0.4, -0.2) is 25.8 Å². The summed E-state index contributed by atoms with van der Waals surface area (Å²) in [4.78, 5) is 15.4. The molecule has 3 rings (SSSR count). The average Bonchev–Trinajstić information content (AvgIpc) is 3.00. The van der Waals surface area contributed by atoms with Crippen LogP contribution in [0.4, 0.5) is 0 Å². The standard InChI is InChI=1S/C14H11N3O2S/c1-17-10(6-7-15-17)3-5-13-16-11-4-2-9(14(18)19)8-12(11)20-13/h2-8H,1H3,(H,18,19). The quantitative estimate of drug-likeness (QED) is 0.803. The van der Waals surface area contributed by atoms with E-state index in [9.17, 15) is 4.79 Å². The van der Waals surface area contributed by atoms with Gasteiger partial charge in [-0.05, 0) is 36.4 Å². The van der Waals surface area contributed by atoms with Gasteiger partial charge >= 0.3 is 5.97 Å². The van der Waals surface area contributed by atoms with Crippen LogP contribution in [0.1, 0.15) is 21.1 Å². The third-order valence-corrected chi connectivity index (χ3v) is 3.89. The number of thiazole rings is 1. The third kappa shape index (κ3) is 2.33. The highest BCUT2D eigenvalue weighted by Crippen LogP contribution is 2.24. The number of rotatable bonds is 3. The Bertz CT molecular complexity index is 817. The molecule has 0 radical (unpaired) electrons. The summed E-state index contributed by atoms with van der Waals surface area (Å²) in [6.07, 6.45) is 5.57. The van der Waals surface area contributed by atoms with Gasteiger partial charge < -0.3 is 5.11 Å². The smallest absolute Gasteiger partial charge is 0.335 e. The molecule has 0 aliphatic carbocycles. The summed E-state index contributed by atoms with van der Waals surface area (Å²) >= 11 is 1.47. The molecule has 0 amide bonds. The number of hydrogen-bond donors (Lipinski definition) is 1. The fourth-order valence-corrected chi connectivity index (χ4v) is 2.76. The lowest BCUT2D eigenvalue weighted by Crippen LogP contribution is -1.94. The summed E-state index contributed by atoms with van der Waals surface area (Å²) in [6, 6.07) is 6.86. The molecule has 5 nitrogen and oxygen atoms in total. The molecule has 100 valence electrons. The molecule has 20 heavy (non-hydrogen) atoms. The first-order valence-corrected chi connectivity index (χ1v) is 6.75. The van der Waals surface area contributed by atoms with Gasteiger partial charge in [-0.15, -0.1) is 11.3 Å². The monoisotopic (exact) mass is 285 g/mol. The van der Waals surface area contributed by atoms with Gasteiger partial charge in [0.15, 0.2) is 0 Å². The van der Waals surface area contributed by atoms with Gasteiger partial charge in [-0.3, -0.25) is 4.68 Å². The van der Waals surface area contributed by atoms with E-state index in [2.05, 4.69) is 10.1 Å². The van der Waals surface area contributed by atoms with Crippen LogP contribution < -0.4 is 0 Å². The predicted octanol–water partition coefficient (Wildman–Crippen LogP) is 2.90. The van der Waals surface area contributed by atoms with E-state index in [4.69, 9.17) is 5.11 Å². The Balaban J connectivity index is 1.95. The second-order valence-corrected chi connectivity index (χ2v) is 5.32. The molecule has 0 aliphatic heterocycles. The number of fused-ring (bicyclic) bond motifs is 1. The molecule has 0 fully saturated rings. The summed E-state index contributed by atoms with van der Waals surface area (Å²) in [7, 11) is 1.87. The summed E-state index contributed by atoms with van der Waals surface area (Å²) in [6.45, 7) is 0. The van der Waals surface area contributed by atoms with Crippen LogP contribution in [-0.2, 0) is 7.05 Å². The fourth-order valence-electron chi connectivity index (χ4n) is 1.85. The number of nitrogens with zero attached hydrogens (tertiary/aromatic N) is 3. The lowest BCUT2D eigenvalue weighted by molar-refractivity contribution is 0.0697. The Morgan fingerprint density at radius 2 is 2.20 bits per heavy atom. The molecular weight excluding hydrogens is 274 g/mol. The van der Waals surface area contributed by atoms with Crippen LogP contribution in [0.2, 0.25) is 0 Å². The topological polar surface area (TPSA) is 68.0 Å². The minimum absolute atomic E-state index is 0.281. The second-order valence-electron chi connectivity index (χ2n) is 4.25. The van der Waals surface area contributed by atoms with E-state index in [1.54, 1.807) is 29.1 Å². The van der Waals surface area contributed by atoms with E-state index in [0.29, 0.717) is 0 Å². The number of benzene rings is 1. The molecule has 2 aromatic heterocycles. The molecule has 0 unspecified atom stereocenters. The second kappa shape index (κ2) is 4.90. The van der Waals surface area contributed by atoms with Gasteiger partial charge in [0, 0.05) is 13.2 Å². The molecule has 0 saturated heterocycles. The molecule has 0 aliphatic rings. The fraction of sp³-hybridized carbons (Fsp3) is 0.0714. The summed E-state index contributed by atoms with van der Waals surface area (Å²) in [5.41, 5.74) is 2.07. The molecule has 1 N–H and O–H groups in total. The van der Waals surface area contributed by atoms with Gasteiger partial charge in [0.1, 0.15) is 5.01 Å². The van der Waals surface area contributed by atoms with E-state index < -0.39 is 5.97 Å². The van der Waals surface area contributed by atoms with Crippen LogP contribution in [0.5, 0.6) is 0 Å². The van der Waals surface area contributed by atoms with Crippen LogP contribution in [0, 0.1) is 0 Å². The van der Waals surface area contributed by atoms with Crippen molar-refractivity contribution < 1.29 is 9.90 Å². The van der Waals surface area contributed by atoms with Crippen molar-refractivity contribution in [3.63, 3.8) is 0 Å². The van der Waals surface area contributed by atoms with E-state index >= 15 is 0 Å². The summed E-state index contributed by atoms with van der Waals surface area (Å²) in [5.74, 6) is -0.924. The van der Waals surface area contributed by atoms with E-state index in [1.807, 2.05) is 25.3 Å². The number of carboxylic acids is 1. The molecule has 0 atom stereocenters. The zero-order chi connectivity index (χ0) is 14.1. The van der Waals surface area contributed by atoms with Crippen molar-refractivity contribution in [1.82, 2.24) is 14.8 Å². The van der Waals surface area contributed by atoms with Crippen molar-refractivity contribution in [2.75, 3.05) is 0 Å². The maximum atomic E-state index is 10.9. The van der Waals surface area contributed by atoms with Gasteiger partial charge in [0.05, 0.1) is 21.5 Å². The number of aromatic carboxylic acids is 1. The van der Waals surface area contributed by atoms with E-state index in [0.717, 1.165) is 20.9 Å². The zero-order valence-corrected chi connectivity index (χ0v) is 11.5. The van der Waals surface area contributed by atoms with E-state index in [-0.39, 0.29) is 5.56 Å². The number of carboxylic acid groups (broad SMARTS) is 1. The van der Waals surface area contributed by atoms with Crippen molar-refractivity contribution >= 4 is 39.7 Å². The highest BCUT2D eigenvalue weighted by molar-refractivity contribution is 7.19. The van der Waals surface area contributed by atoms with Crippen LogP contribution in [0.25, 0.3) is 22.4 Å². The number of aryl methyl sites for hydroxylation is 1. The third-order valence-electron chi connectivity index (χ3n) is 2.91. The van der Waals surface area contributed by atoms with Crippen molar-refractivity contribution in [3.05, 3.63) is 46.7 Å². The van der Waals surface area contributed by atoms with Crippen molar-refractivity contribution in [1.29, 1.82) is 0 Å². The minimum atomic E-state index is -0.924. The Hall–Kier alpha value is -2.47. The molecule has 0 spiro atoms. The van der Waals surface area contributed by atoms with Gasteiger partial charge in [-0.25, -0.2) is 9.78 Å². The van der Waals surface area contributed by atoms with Crippen molar-refractivity contribution in [2.24, 2.45) is 7.05 Å². The largest absolute Gasteiger partial charge is 0.478 e.